The first-order valence-corrected chi connectivity index (χ1v) is 12.6. The second-order valence-electron chi connectivity index (χ2n) is 9.20. The number of benzene rings is 2. The van der Waals surface area contributed by atoms with Crippen molar-refractivity contribution in [3.63, 3.8) is 0 Å². The molecule has 2 heterocycles. The quantitative estimate of drug-likeness (QED) is 0.431. The van der Waals surface area contributed by atoms with Crippen molar-refractivity contribution in [3.8, 4) is 5.75 Å². The number of anilines is 3. The van der Waals surface area contributed by atoms with Crippen LogP contribution >= 0.6 is 11.6 Å². The van der Waals surface area contributed by atoms with E-state index in [1.807, 2.05) is 12.1 Å². The Balaban J connectivity index is 1.38. The zero-order valence-corrected chi connectivity index (χ0v) is 22.6. The predicted octanol–water partition coefficient (Wildman–Crippen LogP) is 5.03. The Morgan fingerprint density at radius 3 is 2.49 bits per heavy atom. The molecule has 0 saturated carbocycles. The lowest BCUT2D eigenvalue weighted by molar-refractivity contribution is 0.0962. The molecule has 1 amide bonds. The van der Waals surface area contributed by atoms with Crippen LogP contribution in [-0.2, 0) is 12.8 Å². The van der Waals surface area contributed by atoms with Gasteiger partial charge in [-0.05, 0) is 74.2 Å². The minimum Gasteiger partial charge on any atom is -0.495 e. The van der Waals surface area contributed by atoms with Crippen molar-refractivity contribution < 1.29 is 9.53 Å². The number of aryl methyl sites for hydroxylation is 2. The van der Waals surface area contributed by atoms with E-state index >= 15 is 0 Å². The molecule has 0 aliphatic carbocycles. The number of methoxy groups -OCH3 is 1. The number of allylic oxidation sites excluding steroid dienone is 1. The molecule has 1 aliphatic heterocycles. The molecular formula is C28H33ClN6O2. The number of hydrogen-bond donors (Lipinski definition) is 2. The lowest BCUT2D eigenvalue weighted by Crippen LogP contribution is -2.42. The number of hydrogen-bond acceptors (Lipinski definition) is 7. The lowest BCUT2D eigenvalue weighted by atomic mass is 10.0. The summed E-state index contributed by atoms with van der Waals surface area (Å²) in [4.78, 5) is 25.6. The van der Waals surface area contributed by atoms with Gasteiger partial charge in [0, 0.05) is 67.9 Å². The van der Waals surface area contributed by atoms with Gasteiger partial charge in [-0.1, -0.05) is 11.6 Å². The number of aromatic nitrogens is 2. The van der Waals surface area contributed by atoms with Gasteiger partial charge in [0.25, 0.3) is 5.91 Å². The van der Waals surface area contributed by atoms with Crippen LogP contribution < -0.4 is 20.3 Å². The first-order valence-electron chi connectivity index (χ1n) is 12.2. The first kappa shape index (κ1) is 26.3. The van der Waals surface area contributed by atoms with Crippen LogP contribution in [0.3, 0.4) is 0 Å². The molecule has 3 aromatic rings. The van der Waals surface area contributed by atoms with Gasteiger partial charge in [0.05, 0.1) is 12.1 Å². The van der Waals surface area contributed by atoms with Gasteiger partial charge in [-0.2, -0.15) is 0 Å². The molecule has 0 spiro atoms. The SMILES string of the molecule is CNC(=O)c1cc(CCc2cnc(Nc3ccc(N4C=C(C)N(C)[C@@H](C)C4)cc3)nc2)c(Cl)c(OC)c1. The molecule has 1 aromatic heterocycles. The molecule has 2 aromatic carbocycles. The average molecular weight is 521 g/mol. The van der Waals surface area contributed by atoms with E-state index < -0.39 is 0 Å². The number of carbonyl (C=O) groups excluding carboxylic acids is 1. The normalized spacial score (nSPS) is 15.3. The maximum Gasteiger partial charge on any atom is 0.251 e. The smallest absolute Gasteiger partial charge is 0.251 e. The minimum absolute atomic E-state index is 0.187. The van der Waals surface area contributed by atoms with Crippen molar-refractivity contribution in [3.05, 3.63) is 82.4 Å². The summed E-state index contributed by atoms with van der Waals surface area (Å²) in [6.07, 6.45) is 7.08. The predicted molar refractivity (Wildman–Crippen MR) is 149 cm³/mol. The largest absolute Gasteiger partial charge is 0.495 e. The molecular weight excluding hydrogens is 488 g/mol. The number of likely N-dealkylation sites (N-methyl/N-ethyl adjacent to an activating group) is 1. The summed E-state index contributed by atoms with van der Waals surface area (Å²) in [6.45, 7) is 5.31. The number of nitrogens with zero attached hydrogens (tertiary/aromatic N) is 4. The van der Waals surface area contributed by atoms with Crippen molar-refractivity contribution in [2.75, 3.05) is 38.0 Å². The highest BCUT2D eigenvalue weighted by Crippen LogP contribution is 2.31. The maximum absolute atomic E-state index is 12.1. The average Bonchev–Trinajstić information content (AvgIpc) is 2.91. The Labute approximate surface area is 223 Å². The van der Waals surface area contributed by atoms with Crippen LogP contribution in [-0.4, -0.2) is 54.6 Å². The molecule has 0 fully saturated rings. The first-order chi connectivity index (χ1) is 17.8. The molecule has 1 atom stereocenters. The van der Waals surface area contributed by atoms with E-state index in [9.17, 15) is 4.79 Å². The highest BCUT2D eigenvalue weighted by molar-refractivity contribution is 6.33. The Kier molecular flexibility index (Phi) is 8.18. The molecule has 9 heteroatoms. The topological polar surface area (TPSA) is 82.6 Å². The summed E-state index contributed by atoms with van der Waals surface area (Å²) < 4.78 is 5.35. The third-order valence-electron chi connectivity index (χ3n) is 6.69. The zero-order valence-electron chi connectivity index (χ0n) is 21.9. The van der Waals surface area contributed by atoms with E-state index in [4.69, 9.17) is 16.3 Å². The van der Waals surface area contributed by atoms with Gasteiger partial charge >= 0.3 is 0 Å². The third-order valence-corrected chi connectivity index (χ3v) is 7.12. The van der Waals surface area contributed by atoms with Gasteiger partial charge in [0.15, 0.2) is 0 Å². The van der Waals surface area contributed by atoms with Crippen LogP contribution in [0.5, 0.6) is 5.75 Å². The maximum atomic E-state index is 12.1. The van der Waals surface area contributed by atoms with E-state index in [-0.39, 0.29) is 5.91 Å². The van der Waals surface area contributed by atoms with Crippen molar-refractivity contribution in [1.82, 2.24) is 20.2 Å². The van der Waals surface area contributed by atoms with E-state index in [1.54, 1.807) is 31.6 Å². The van der Waals surface area contributed by atoms with Crippen LogP contribution in [0.4, 0.5) is 17.3 Å². The Hall–Kier alpha value is -3.78. The summed E-state index contributed by atoms with van der Waals surface area (Å²) >= 11 is 6.49. The molecule has 4 rings (SSSR count). The monoisotopic (exact) mass is 520 g/mol. The number of rotatable bonds is 8. The van der Waals surface area contributed by atoms with Crippen molar-refractivity contribution in [2.24, 2.45) is 0 Å². The standard InChI is InChI=1S/C28H33ClN6O2/c1-18-16-35(17-19(2)34(18)4)24-10-8-23(9-11-24)33-28-31-14-20(15-32-28)6-7-21-12-22(27(36)30-3)13-25(37-5)26(21)29/h8-16,19H,6-7,17H2,1-5H3,(H,30,36)(H,31,32,33)/t19-/m0/s1. The second kappa shape index (κ2) is 11.5. The number of nitrogens with one attached hydrogen (secondary N) is 2. The molecule has 194 valence electrons. The van der Waals surface area contributed by atoms with Gasteiger partial charge in [0.2, 0.25) is 5.95 Å². The van der Waals surface area contributed by atoms with Crippen LogP contribution in [0.2, 0.25) is 5.02 Å². The fourth-order valence-corrected chi connectivity index (χ4v) is 4.54. The molecule has 8 nitrogen and oxygen atoms in total. The van der Waals surface area contributed by atoms with Gasteiger partial charge in [-0.25, -0.2) is 9.97 Å². The minimum atomic E-state index is -0.187. The number of amides is 1. The number of halogens is 1. The van der Waals surface area contributed by atoms with Gasteiger partial charge < -0.3 is 25.2 Å². The van der Waals surface area contributed by atoms with E-state index in [0.717, 1.165) is 29.0 Å². The summed E-state index contributed by atoms with van der Waals surface area (Å²) in [5.74, 6) is 0.822. The van der Waals surface area contributed by atoms with Crippen LogP contribution in [0.15, 0.2) is 60.7 Å². The van der Waals surface area contributed by atoms with Gasteiger partial charge in [-0.15, -0.1) is 0 Å². The fraction of sp³-hybridized carbons (Fsp3) is 0.321. The van der Waals surface area contributed by atoms with Crippen molar-refractivity contribution in [1.29, 1.82) is 0 Å². The van der Waals surface area contributed by atoms with Gasteiger partial charge in [0.1, 0.15) is 5.75 Å². The molecule has 2 N–H and O–H groups in total. The van der Waals surface area contributed by atoms with E-state index in [0.29, 0.717) is 41.2 Å². The number of carbonyl (C=O) groups is 1. The highest BCUT2D eigenvalue weighted by atomic mass is 35.5. The lowest BCUT2D eigenvalue weighted by Gasteiger charge is -2.38. The molecule has 37 heavy (non-hydrogen) atoms. The number of ether oxygens (including phenoxy) is 1. The van der Waals surface area contributed by atoms with Crippen LogP contribution in [0.25, 0.3) is 0 Å². The highest BCUT2D eigenvalue weighted by Gasteiger charge is 2.20. The van der Waals surface area contributed by atoms with Crippen LogP contribution in [0.1, 0.15) is 35.3 Å². The van der Waals surface area contributed by atoms with E-state index in [2.05, 4.69) is 69.6 Å². The van der Waals surface area contributed by atoms with Crippen molar-refractivity contribution in [2.45, 2.75) is 32.7 Å². The Morgan fingerprint density at radius 2 is 1.86 bits per heavy atom. The molecule has 0 saturated heterocycles. The van der Waals surface area contributed by atoms with Crippen molar-refractivity contribution >= 4 is 34.8 Å². The molecule has 0 radical (unpaired) electrons. The third kappa shape index (κ3) is 6.14. The second-order valence-corrected chi connectivity index (χ2v) is 9.58. The molecule has 0 bridgehead atoms. The Morgan fingerprint density at radius 1 is 1.16 bits per heavy atom. The molecule has 1 aliphatic rings. The summed E-state index contributed by atoms with van der Waals surface area (Å²) in [5.41, 5.74) is 5.62. The summed E-state index contributed by atoms with van der Waals surface area (Å²) in [7, 11) is 5.26. The van der Waals surface area contributed by atoms with E-state index in [1.165, 1.54) is 12.8 Å². The fourth-order valence-electron chi connectivity index (χ4n) is 4.26. The van der Waals surface area contributed by atoms with Crippen LogP contribution in [0, 0.1) is 0 Å². The zero-order chi connectivity index (χ0) is 26.5. The van der Waals surface area contributed by atoms with Gasteiger partial charge in [-0.3, -0.25) is 4.79 Å². The summed E-state index contributed by atoms with van der Waals surface area (Å²) in [5, 5.41) is 6.41. The Bertz CT molecular complexity index is 1280. The molecule has 0 unspecified atom stereocenters. The summed E-state index contributed by atoms with van der Waals surface area (Å²) in [6, 6.07) is 12.2.